The molecule has 0 aliphatic heterocycles. The number of unbranched alkanes of at least 4 members (excludes halogenated alkanes) is 1. The van der Waals surface area contributed by atoms with Crippen LogP contribution in [0.4, 0.5) is 5.69 Å². The molecule has 0 fully saturated rings. The Morgan fingerprint density at radius 1 is 1.03 bits per heavy atom. The zero-order valence-electron chi connectivity index (χ0n) is 20.7. The Morgan fingerprint density at radius 3 is 2.17 bits per heavy atom. The molecule has 0 amide bonds. The van der Waals surface area contributed by atoms with Crippen LogP contribution in [0.1, 0.15) is 44.7 Å². The summed E-state index contributed by atoms with van der Waals surface area (Å²) in [5.41, 5.74) is 2.95. The summed E-state index contributed by atoms with van der Waals surface area (Å²) in [4.78, 5) is 12.6. The SMILES string of the molecule is CCCCc1ccc(N(CC(C)C)S(=O)(=O)c2ccc(Oc3ccncc3)cc2)c(C)c1.O=CO. The fourth-order valence-corrected chi connectivity index (χ4v) is 5.23. The molecular weight excluding hydrogens is 464 g/mol. The molecule has 0 bridgehead atoms. The maximum absolute atomic E-state index is 13.6. The van der Waals surface area contributed by atoms with E-state index >= 15 is 0 Å². The minimum atomic E-state index is -3.72. The number of ether oxygens (including phenoxy) is 1. The topological polar surface area (TPSA) is 96.8 Å². The number of aryl methyl sites for hydroxylation is 2. The smallest absolute Gasteiger partial charge is 0.290 e. The highest BCUT2D eigenvalue weighted by atomic mass is 32.2. The van der Waals surface area contributed by atoms with Crippen molar-refractivity contribution in [3.8, 4) is 11.5 Å². The van der Waals surface area contributed by atoms with Crippen molar-refractivity contribution in [3.63, 3.8) is 0 Å². The van der Waals surface area contributed by atoms with Gasteiger partial charge in [0.25, 0.3) is 16.5 Å². The first-order valence-corrected chi connectivity index (χ1v) is 13.0. The third kappa shape index (κ3) is 8.10. The van der Waals surface area contributed by atoms with Crippen LogP contribution < -0.4 is 9.04 Å². The molecule has 0 radical (unpaired) electrons. The maximum Gasteiger partial charge on any atom is 0.290 e. The summed E-state index contributed by atoms with van der Waals surface area (Å²) in [6, 6.07) is 16.2. The Bertz CT molecular complexity index is 1160. The minimum absolute atomic E-state index is 0.179. The molecule has 3 aromatic rings. The van der Waals surface area contributed by atoms with Crippen LogP contribution in [0.25, 0.3) is 0 Å². The molecule has 1 aromatic heterocycles. The van der Waals surface area contributed by atoms with Gasteiger partial charge in [0.2, 0.25) is 0 Å². The van der Waals surface area contributed by atoms with Crippen LogP contribution in [0.3, 0.4) is 0 Å². The number of carbonyl (C=O) groups is 1. The fraction of sp³-hybridized carbons (Fsp3) is 0.333. The summed E-state index contributed by atoms with van der Waals surface area (Å²) in [6.45, 7) is 8.37. The molecular formula is C27H34N2O5S. The van der Waals surface area contributed by atoms with Gasteiger partial charge in [-0.3, -0.25) is 14.1 Å². The molecule has 188 valence electrons. The predicted octanol–water partition coefficient (Wildman–Crippen LogP) is 6.08. The number of pyridine rings is 1. The number of sulfonamides is 1. The summed E-state index contributed by atoms with van der Waals surface area (Å²) in [5, 5.41) is 6.89. The maximum atomic E-state index is 13.6. The van der Waals surface area contributed by atoms with E-state index in [0.29, 0.717) is 18.0 Å². The number of rotatable bonds is 10. The number of anilines is 1. The third-order valence-corrected chi connectivity index (χ3v) is 6.97. The molecule has 0 saturated heterocycles. The van der Waals surface area contributed by atoms with Crippen LogP contribution in [-0.4, -0.2) is 31.5 Å². The molecule has 0 spiro atoms. The van der Waals surface area contributed by atoms with Crippen LogP contribution in [-0.2, 0) is 21.2 Å². The predicted molar refractivity (Wildman–Crippen MR) is 139 cm³/mol. The van der Waals surface area contributed by atoms with E-state index in [1.807, 2.05) is 32.9 Å². The second kappa shape index (κ2) is 13.5. The van der Waals surface area contributed by atoms with Gasteiger partial charge >= 0.3 is 0 Å². The number of carboxylic acid groups (broad SMARTS) is 1. The quantitative estimate of drug-likeness (QED) is 0.340. The van der Waals surface area contributed by atoms with E-state index in [2.05, 4.69) is 18.0 Å². The number of hydrogen-bond donors (Lipinski definition) is 1. The highest BCUT2D eigenvalue weighted by molar-refractivity contribution is 7.92. The van der Waals surface area contributed by atoms with Crippen molar-refractivity contribution in [2.75, 3.05) is 10.8 Å². The molecule has 2 aromatic carbocycles. The molecule has 35 heavy (non-hydrogen) atoms. The van der Waals surface area contributed by atoms with Crippen molar-refractivity contribution < 1.29 is 23.1 Å². The summed E-state index contributed by atoms with van der Waals surface area (Å²) in [7, 11) is -3.72. The van der Waals surface area contributed by atoms with Crippen molar-refractivity contribution >= 4 is 22.2 Å². The highest BCUT2D eigenvalue weighted by Crippen LogP contribution is 2.30. The van der Waals surface area contributed by atoms with E-state index < -0.39 is 10.0 Å². The fourth-order valence-electron chi connectivity index (χ4n) is 3.54. The van der Waals surface area contributed by atoms with E-state index in [9.17, 15) is 8.42 Å². The lowest BCUT2D eigenvalue weighted by molar-refractivity contribution is -0.122. The van der Waals surface area contributed by atoms with Crippen LogP contribution in [0.2, 0.25) is 0 Å². The van der Waals surface area contributed by atoms with Crippen molar-refractivity contribution in [2.45, 2.75) is 51.9 Å². The van der Waals surface area contributed by atoms with Crippen LogP contribution >= 0.6 is 0 Å². The van der Waals surface area contributed by atoms with Crippen LogP contribution in [0.5, 0.6) is 11.5 Å². The van der Waals surface area contributed by atoms with Gasteiger partial charge in [-0.2, -0.15) is 0 Å². The van der Waals surface area contributed by atoms with Gasteiger partial charge in [0.1, 0.15) is 11.5 Å². The van der Waals surface area contributed by atoms with E-state index in [4.69, 9.17) is 14.6 Å². The Balaban J connectivity index is 0.00000137. The molecule has 0 saturated carbocycles. The summed E-state index contributed by atoms with van der Waals surface area (Å²) < 4.78 is 34.6. The van der Waals surface area contributed by atoms with Crippen LogP contribution in [0, 0.1) is 12.8 Å². The Hall–Kier alpha value is -3.39. The zero-order valence-corrected chi connectivity index (χ0v) is 21.5. The first kappa shape index (κ1) is 27.9. The van der Waals surface area contributed by atoms with Gasteiger partial charge in [-0.15, -0.1) is 0 Å². The lowest BCUT2D eigenvalue weighted by Gasteiger charge is -2.28. The van der Waals surface area contributed by atoms with E-state index in [1.165, 1.54) is 9.87 Å². The van der Waals surface area contributed by atoms with Crippen molar-refractivity contribution in [1.82, 2.24) is 4.98 Å². The van der Waals surface area contributed by atoms with Crippen molar-refractivity contribution in [3.05, 3.63) is 78.1 Å². The largest absolute Gasteiger partial charge is 0.483 e. The first-order valence-electron chi connectivity index (χ1n) is 11.6. The van der Waals surface area contributed by atoms with E-state index in [1.54, 1.807) is 48.8 Å². The summed E-state index contributed by atoms with van der Waals surface area (Å²) in [5.74, 6) is 1.40. The van der Waals surface area contributed by atoms with Gasteiger partial charge in [0.05, 0.1) is 10.6 Å². The lowest BCUT2D eigenvalue weighted by Crippen LogP contribution is -2.34. The normalized spacial score (nSPS) is 10.9. The van der Waals surface area contributed by atoms with E-state index in [0.717, 1.165) is 30.5 Å². The Kier molecular flexibility index (Phi) is 10.7. The molecule has 0 aliphatic carbocycles. The first-order chi connectivity index (χ1) is 16.7. The molecule has 1 N–H and O–H groups in total. The van der Waals surface area contributed by atoms with Crippen LogP contribution in [0.15, 0.2) is 71.9 Å². The van der Waals surface area contributed by atoms with Crippen molar-refractivity contribution in [2.24, 2.45) is 5.92 Å². The molecule has 3 rings (SSSR count). The second-order valence-electron chi connectivity index (χ2n) is 8.52. The molecule has 0 atom stereocenters. The highest BCUT2D eigenvalue weighted by Gasteiger charge is 2.27. The van der Waals surface area contributed by atoms with Gasteiger partial charge in [-0.05, 0) is 79.3 Å². The van der Waals surface area contributed by atoms with Gasteiger partial charge in [0, 0.05) is 18.9 Å². The summed E-state index contributed by atoms with van der Waals surface area (Å²) >= 11 is 0. The molecule has 7 nitrogen and oxygen atoms in total. The number of benzene rings is 2. The standard InChI is InChI=1S/C26H32N2O3S.CH2O2/c1-5-6-7-22-8-13-26(21(4)18-22)28(19-20(2)3)32(29,30)25-11-9-23(10-12-25)31-24-14-16-27-17-15-24;2-1-3/h8-18,20H,5-7,19H2,1-4H3;1H,(H,2,3). The Morgan fingerprint density at radius 2 is 1.63 bits per heavy atom. The second-order valence-corrected chi connectivity index (χ2v) is 10.4. The monoisotopic (exact) mass is 498 g/mol. The zero-order chi connectivity index (χ0) is 25.8. The molecule has 1 heterocycles. The van der Waals surface area contributed by atoms with Crippen molar-refractivity contribution in [1.29, 1.82) is 0 Å². The average Bonchev–Trinajstić information content (AvgIpc) is 2.83. The Labute approximate surface area is 208 Å². The third-order valence-electron chi connectivity index (χ3n) is 5.18. The van der Waals surface area contributed by atoms with E-state index in [-0.39, 0.29) is 17.3 Å². The molecule has 0 aliphatic rings. The summed E-state index contributed by atoms with van der Waals surface area (Å²) in [6.07, 6.45) is 6.56. The van der Waals surface area contributed by atoms with Gasteiger partial charge in [-0.1, -0.05) is 39.3 Å². The lowest BCUT2D eigenvalue weighted by atomic mass is 10.0. The molecule has 0 unspecified atom stereocenters. The average molecular weight is 499 g/mol. The van der Waals surface area contributed by atoms with Gasteiger partial charge in [0.15, 0.2) is 0 Å². The number of hydrogen-bond acceptors (Lipinski definition) is 5. The minimum Gasteiger partial charge on any atom is -0.483 e. The van der Waals surface area contributed by atoms with Gasteiger partial charge < -0.3 is 9.84 Å². The number of nitrogens with zero attached hydrogens (tertiary/aromatic N) is 2. The van der Waals surface area contributed by atoms with Gasteiger partial charge in [-0.25, -0.2) is 8.42 Å². The number of aromatic nitrogens is 1. The molecule has 8 heteroatoms.